The maximum atomic E-state index is 13.7. The van der Waals surface area contributed by atoms with E-state index in [1.54, 1.807) is 11.0 Å². The number of nitrogens with one attached hydrogen (secondary N) is 1. The van der Waals surface area contributed by atoms with Crippen molar-refractivity contribution < 1.29 is 18.0 Å². The fourth-order valence-corrected chi connectivity index (χ4v) is 5.54. The summed E-state index contributed by atoms with van der Waals surface area (Å²) in [4.78, 5) is 28.2. The minimum Gasteiger partial charge on any atom is -0.340 e. The Morgan fingerprint density at radius 2 is 1.85 bits per heavy atom. The molecule has 9 heteroatoms. The van der Waals surface area contributed by atoms with E-state index in [2.05, 4.69) is 15.0 Å². The average molecular weight is 485 g/mol. The molecular weight excluding hydrogens is 461 g/mol. The van der Waals surface area contributed by atoms with Crippen LogP contribution in [0.4, 0.5) is 13.2 Å². The first-order valence-electron chi connectivity index (χ1n) is 11.0. The van der Waals surface area contributed by atoms with E-state index in [1.165, 1.54) is 17.4 Å². The Labute approximate surface area is 198 Å². The highest BCUT2D eigenvalue weighted by atomic mass is 32.1. The number of benzene rings is 2. The van der Waals surface area contributed by atoms with Gasteiger partial charge in [-0.3, -0.25) is 4.79 Å². The highest BCUT2D eigenvalue weighted by molar-refractivity contribution is 7.15. The number of thiazole rings is 1. The highest BCUT2D eigenvalue weighted by Crippen LogP contribution is 2.41. The largest absolute Gasteiger partial charge is 0.418 e. The molecule has 0 spiro atoms. The zero-order valence-electron chi connectivity index (χ0n) is 18.9. The number of aryl methyl sites for hydroxylation is 2. The molecule has 0 unspecified atom stereocenters. The van der Waals surface area contributed by atoms with Crippen molar-refractivity contribution in [2.75, 3.05) is 6.54 Å². The highest BCUT2D eigenvalue weighted by Gasteiger charge is 2.40. The molecule has 3 heterocycles. The molecule has 1 N–H and O–H groups in total. The predicted molar refractivity (Wildman–Crippen MR) is 126 cm³/mol. The van der Waals surface area contributed by atoms with Gasteiger partial charge in [0.05, 0.1) is 27.0 Å². The third kappa shape index (κ3) is 3.87. The quantitative estimate of drug-likeness (QED) is 0.359. The van der Waals surface area contributed by atoms with E-state index >= 15 is 0 Å². The van der Waals surface area contributed by atoms with Crippen molar-refractivity contribution in [2.45, 2.75) is 39.4 Å². The molecule has 2 aromatic carbocycles. The number of H-pyrrole nitrogens is 1. The molecule has 176 valence electrons. The summed E-state index contributed by atoms with van der Waals surface area (Å²) in [5.41, 5.74) is 1.81. The summed E-state index contributed by atoms with van der Waals surface area (Å²) in [6.45, 7) is 6.34. The maximum absolute atomic E-state index is 13.7. The number of para-hydroxylation sites is 1. The van der Waals surface area contributed by atoms with Gasteiger partial charge in [0, 0.05) is 6.54 Å². The molecule has 0 radical (unpaired) electrons. The van der Waals surface area contributed by atoms with Crippen LogP contribution in [0.1, 0.15) is 51.8 Å². The standard InChI is InChI=1S/C25H23F3N4OS/c1-13-7-9-16(10-8-13)22-20(29-15(3)34-22)24(33)32-12-11-14(2)21(32)23-30-18-6-4-5-17(19(18)31-23)25(26,27)28/h4-10,14,21H,11-12H2,1-3H3,(H,30,31)/t14-,21-/m0/s1. The smallest absolute Gasteiger partial charge is 0.340 e. The van der Waals surface area contributed by atoms with E-state index in [0.29, 0.717) is 23.6 Å². The molecule has 4 aromatic rings. The monoisotopic (exact) mass is 484 g/mol. The molecule has 0 aliphatic carbocycles. The van der Waals surface area contributed by atoms with Gasteiger partial charge in [-0.25, -0.2) is 9.97 Å². The number of alkyl halides is 3. The Morgan fingerprint density at radius 1 is 1.12 bits per heavy atom. The van der Waals surface area contributed by atoms with Gasteiger partial charge in [-0.1, -0.05) is 42.8 Å². The number of halogens is 3. The molecule has 1 fully saturated rings. The van der Waals surface area contributed by atoms with E-state index < -0.39 is 17.8 Å². The van der Waals surface area contributed by atoms with E-state index in [1.807, 2.05) is 45.0 Å². The van der Waals surface area contributed by atoms with Crippen LogP contribution in [0.15, 0.2) is 42.5 Å². The zero-order chi connectivity index (χ0) is 24.2. The third-order valence-corrected chi connectivity index (χ3v) is 7.35. The number of rotatable bonds is 3. The normalized spacial score (nSPS) is 18.7. The number of likely N-dealkylation sites (tertiary alicyclic amines) is 1. The SMILES string of the molecule is Cc1ccc(-c2sc(C)nc2C(=O)N2CC[C@H](C)[C@H]2c2nc3c(C(F)(F)F)cccc3[nH]2)cc1. The van der Waals surface area contributed by atoms with E-state index in [0.717, 1.165) is 33.5 Å². The van der Waals surface area contributed by atoms with Gasteiger partial charge in [-0.05, 0) is 43.9 Å². The molecule has 1 saturated heterocycles. The topological polar surface area (TPSA) is 61.9 Å². The minimum atomic E-state index is -4.51. The molecule has 1 amide bonds. The summed E-state index contributed by atoms with van der Waals surface area (Å²) < 4.78 is 40.5. The average Bonchev–Trinajstić information content (AvgIpc) is 3.48. The molecule has 1 aliphatic rings. The van der Waals surface area contributed by atoms with Crippen molar-refractivity contribution in [3.63, 3.8) is 0 Å². The van der Waals surface area contributed by atoms with Crippen LogP contribution in [0.5, 0.6) is 0 Å². The second-order valence-corrected chi connectivity index (χ2v) is 10.0. The maximum Gasteiger partial charge on any atom is 0.418 e. The molecule has 5 nitrogen and oxygen atoms in total. The van der Waals surface area contributed by atoms with Crippen LogP contribution in [0, 0.1) is 19.8 Å². The van der Waals surface area contributed by atoms with Gasteiger partial charge in [-0.15, -0.1) is 11.3 Å². The van der Waals surface area contributed by atoms with Gasteiger partial charge in [0.2, 0.25) is 0 Å². The van der Waals surface area contributed by atoms with Crippen molar-refractivity contribution in [3.8, 4) is 10.4 Å². The number of carbonyl (C=O) groups is 1. The Hall–Kier alpha value is -3.20. The number of amides is 1. The van der Waals surface area contributed by atoms with Gasteiger partial charge in [0.1, 0.15) is 17.0 Å². The van der Waals surface area contributed by atoms with Gasteiger partial charge >= 0.3 is 6.18 Å². The predicted octanol–water partition coefficient (Wildman–Crippen LogP) is 6.55. The second kappa shape index (κ2) is 8.23. The van der Waals surface area contributed by atoms with Crippen molar-refractivity contribution in [1.82, 2.24) is 19.9 Å². The summed E-state index contributed by atoms with van der Waals surface area (Å²) in [7, 11) is 0. The molecule has 5 rings (SSSR count). The summed E-state index contributed by atoms with van der Waals surface area (Å²) >= 11 is 1.46. The van der Waals surface area contributed by atoms with Gasteiger partial charge in [0.15, 0.2) is 0 Å². The number of hydrogen-bond acceptors (Lipinski definition) is 4. The van der Waals surface area contributed by atoms with Crippen molar-refractivity contribution in [1.29, 1.82) is 0 Å². The lowest BCUT2D eigenvalue weighted by molar-refractivity contribution is -0.136. The lowest BCUT2D eigenvalue weighted by Crippen LogP contribution is -2.33. The fraction of sp³-hybridized carbons (Fsp3) is 0.320. The van der Waals surface area contributed by atoms with Crippen LogP contribution in [-0.4, -0.2) is 32.3 Å². The van der Waals surface area contributed by atoms with E-state index in [4.69, 9.17) is 0 Å². The molecule has 2 aromatic heterocycles. The Bertz CT molecular complexity index is 1370. The van der Waals surface area contributed by atoms with Crippen molar-refractivity contribution in [3.05, 3.63) is 70.1 Å². The fourth-order valence-electron chi connectivity index (χ4n) is 4.62. The number of nitrogens with zero attached hydrogens (tertiary/aromatic N) is 3. The number of carbonyl (C=O) groups excluding carboxylic acids is 1. The Kier molecular flexibility index (Phi) is 5.47. The van der Waals surface area contributed by atoms with Gasteiger partial charge in [-0.2, -0.15) is 13.2 Å². The third-order valence-electron chi connectivity index (χ3n) is 6.33. The lowest BCUT2D eigenvalue weighted by atomic mass is 10.0. The van der Waals surface area contributed by atoms with Crippen LogP contribution >= 0.6 is 11.3 Å². The number of aromatic amines is 1. The van der Waals surface area contributed by atoms with Crippen molar-refractivity contribution >= 4 is 28.3 Å². The van der Waals surface area contributed by atoms with Crippen LogP contribution < -0.4 is 0 Å². The molecule has 1 aliphatic heterocycles. The summed E-state index contributed by atoms with van der Waals surface area (Å²) in [5, 5.41) is 0.779. The molecule has 34 heavy (non-hydrogen) atoms. The summed E-state index contributed by atoms with van der Waals surface area (Å²) in [5.74, 6) is 0.168. The Balaban J connectivity index is 1.55. The number of imidazole rings is 1. The minimum absolute atomic E-state index is 0.0291. The number of hydrogen-bond donors (Lipinski definition) is 1. The van der Waals surface area contributed by atoms with Crippen LogP contribution in [0.25, 0.3) is 21.5 Å². The van der Waals surface area contributed by atoms with Crippen LogP contribution in [-0.2, 0) is 6.18 Å². The van der Waals surface area contributed by atoms with Crippen LogP contribution in [0.2, 0.25) is 0 Å². The summed E-state index contributed by atoms with van der Waals surface area (Å²) in [6.07, 6.45) is -3.79. The molecular formula is C25H23F3N4OS. The lowest BCUT2D eigenvalue weighted by Gasteiger charge is -2.25. The van der Waals surface area contributed by atoms with Gasteiger partial charge < -0.3 is 9.88 Å². The molecule has 0 saturated carbocycles. The number of aromatic nitrogens is 3. The van der Waals surface area contributed by atoms with E-state index in [-0.39, 0.29) is 17.3 Å². The van der Waals surface area contributed by atoms with Crippen molar-refractivity contribution in [2.24, 2.45) is 5.92 Å². The number of fused-ring (bicyclic) bond motifs is 1. The van der Waals surface area contributed by atoms with Crippen LogP contribution in [0.3, 0.4) is 0 Å². The van der Waals surface area contributed by atoms with E-state index in [9.17, 15) is 18.0 Å². The Morgan fingerprint density at radius 3 is 2.56 bits per heavy atom. The van der Waals surface area contributed by atoms with Gasteiger partial charge in [0.25, 0.3) is 5.91 Å². The zero-order valence-corrected chi connectivity index (χ0v) is 19.7. The first-order chi connectivity index (χ1) is 16.1. The molecule has 2 atom stereocenters. The first kappa shape index (κ1) is 22.6. The second-order valence-electron chi connectivity index (χ2n) is 8.81. The summed E-state index contributed by atoms with van der Waals surface area (Å²) in [6, 6.07) is 11.4. The first-order valence-corrected chi connectivity index (χ1v) is 11.9. The molecule has 0 bridgehead atoms.